The summed E-state index contributed by atoms with van der Waals surface area (Å²) in [6.45, 7) is 1.63. The zero-order chi connectivity index (χ0) is 18.7. The Hall–Kier alpha value is -2.48. The molecule has 0 bridgehead atoms. The fourth-order valence-electron chi connectivity index (χ4n) is 3.01. The van der Waals surface area contributed by atoms with Gasteiger partial charge in [-0.2, -0.15) is 0 Å². The van der Waals surface area contributed by atoms with Crippen molar-refractivity contribution < 1.29 is 22.3 Å². The van der Waals surface area contributed by atoms with Crippen molar-refractivity contribution in [1.29, 1.82) is 0 Å². The van der Waals surface area contributed by atoms with Gasteiger partial charge in [0.2, 0.25) is 0 Å². The van der Waals surface area contributed by atoms with E-state index in [1.54, 1.807) is 6.07 Å². The fourth-order valence-corrected chi connectivity index (χ4v) is 4.09. The van der Waals surface area contributed by atoms with E-state index in [0.717, 1.165) is 25.9 Å². The number of benzene rings is 2. The number of sulfonamides is 1. The van der Waals surface area contributed by atoms with E-state index in [1.807, 2.05) is 4.90 Å². The molecule has 0 aliphatic carbocycles. The predicted octanol–water partition coefficient (Wildman–Crippen LogP) is 3.24. The number of nitrogens with one attached hydrogen (secondary N) is 1. The summed E-state index contributed by atoms with van der Waals surface area (Å²) in [5.74, 6) is 0.224. The lowest BCUT2D eigenvalue weighted by Crippen LogP contribution is -2.21. The van der Waals surface area contributed by atoms with Gasteiger partial charge in [-0.15, -0.1) is 0 Å². The lowest BCUT2D eigenvalue weighted by molar-refractivity contribution is 0.354. The Kier molecular flexibility index (Phi) is 5.22. The molecule has 1 aliphatic rings. The fraction of sp³-hybridized carbons (Fsp3) is 0.333. The van der Waals surface area contributed by atoms with Gasteiger partial charge in [-0.25, -0.2) is 12.8 Å². The van der Waals surface area contributed by atoms with E-state index in [1.165, 1.54) is 44.6 Å². The number of methoxy groups -OCH3 is 2. The van der Waals surface area contributed by atoms with Crippen LogP contribution in [0.3, 0.4) is 0 Å². The van der Waals surface area contributed by atoms with Crippen LogP contribution in [0.2, 0.25) is 0 Å². The zero-order valence-electron chi connectivity index (χ0n) is 14.7. The normalized spacial score (nSPS) is 14.3. The molecule has 0 amide bonds. The quantitative estimate of drug-likeness (QED) is 0.833. The molecule has 1 aliphatic heterocycles. The van der Waals surface area contributed by atoms with Crippen molar-refractivity contribution in [1.82, 2.24) is 0 Å². The van der Waals surface area contributed by atoms with Gasteiger partial charge in [0.05, 0.1) is 30.5 Å². The summed E-state index contributed by atoms with van der Waals surface area (Å²) in [6.07, 6.45) is 2.05. The molecule has 0 unspecified atom stereocenters. The number of ether oxygens (including phenoxy) is 2. The summed E-state index contributed by atoms with van der Waals surface area (Å²) < 4.78 is 52.1. The average Bonchev–Trinajstić information content (AvgIpc) is 3.15. The maximum atomic E-state index is 13.7. The van der Waals surface area contributed by atoms with Crippen LogP contribution in [0, 0.1) is 5.82 Å². The molecular weight excluding hydrogens is 359 g/mol. The van der Waals surface area contributed by atoms with Crippen molar-refractivity contribution in [3.8, 4) is 11.5 Å². The minimum atomic E-state index is -3.92. The van der Waals surface area contributed by atoms with Crippen LogP contribution in [0.5, 0.6) is 11.5 Å². The third-order valence-corrected chi connectivity index (χ3v) is 5.68. The number of hydrogen-bond acceptors (Lipinski definition) is 5. The Morgan fingerprint density at radius 3 is 2.35 bits per heavy atom. The first-order valence-electron chi connectivity index (χ1n) is 8.24. The molecule has 0 radical (unpaired) electrons. The van der Waals surface area contributed by atoms with E-state index in [9.17, 15) is 12.8 Å². The van der Waals surface area contributed by atoms with Gasteiger partial charge < -0.3 is 14.4 Å². The second kappa shape index (κ2) is 7.41. The standard InChI is InChI=1S/C18H21FN2O4S/c1-24-17-8-6-14(12-18(17)25-2)26(22,23)20-15-11-13(19)5-7-16(15)21-9-3-4-10-21/h5-8,11-12,20H,3-4,9-10H2,1-2H3. The Morgan fingerprint density at radius 1 is 1.00 bits per heavy atom. The Labute approximate surface area is 152 Å². The summed E-state index contributed by atoms with van der Waals surface area (Å²) in [5.41, 5.74) is 0.898. The van der Waals surface area contributed by atoms with Gasteiger partial charge in [-0.3, -0.25) is 4.72 Å². The van der Waals surface area contributed by atoms with Crippen molar-refractivity contribution >= 4 is 21.4 Å². The molecule has 0 spiro atoms. The third kappa shape index (κ3) is 3.70. The van der Waals surface area contributed by atoms with Crippen LogP contribution in [0.4, 0.5) is 15.8 Å². The Balaban J connectivity index is 1.96. The van der Waals surface area contributed by atoms with Gasteiger partial charge in [0.25, 0.3) is 10.0 Å². The maximum Gasteiger partial charge on any atom is 0.262 e. The van der Waals surface area contributed by atoms with Crippen molar-refractivity contribution in [2.45, 2.75) is 17.7 Å². The summed E-state index contributed by atoms with van der Waals surface area (Å²) in [4.78, 5) is 2.05. The van der Waals surface area contributed by atoms with E-state index in [4.69, 9.17) is 9.47 Å². The van der Waals surface area contributed by atoms with E-state index in [-0.39, 0.29) is 10.6 Å². The second-order valence-corrected chi connectivity index (χ2v) is 7.66. The Bertz CT molecular complexity index is 896. The lowest BCUT2D eigenvalue weighted by atomic mass is 10.2. The highest BCUT2D eigenvalue weighted by molar-refractivity contribution is 7.92. The molecule has 0 aromatic heterocycles. The lowest BCUT2D eigenvalue weighted by Gasteiger charge is -2.22. The van der Waals surface area contributed by atoms with Crippen LogP contribution >= 0.6 is 0 Å². The second-order valence-electron chi connectivity index (χ2n) is 5.98. The molecule has 8 heteroatoms. The minimum Gasteiger partial charge on any atom is -0.493 e. The highest BCUT2D eigenvalue weighted by atomic mass is 32.2. The van der Waals surface area contributed by atoms with Gasteiger partial charge in [-0.1, -0.05) is 0 Å². The molecule has 1 saturated heterocycles. The number of nitrogens with zero attached hydrogens (tertiary/aromatic N) is 1. The van der Waals surface area contributed by atoms with Crippen LogP contribution in [-0.4, -0.2) is 35.7 Å². The predicted molar refractivity (Wildman–Crippen MR) is 98.2 cm³/mol. The van der Waals surface area contributed by atoms with Crippen LogP contribution in [0.15, 0.2) is 41.3 Å². The van der Waals surface area contributed by atoms with E-state index >= 15 is 0 Å². The molecule has 140 valence electrons. The summed E-state index contributed by atoms with van der Waals surface area (Å²) in [5, 5.41) is 0. The Morgan fingerprint density at radius 2 is 1.69 bits per heavy atom. The number of hydrogen-bond donors (Lipinski definition) is 1. The highest BCUT2D eigenvalue weighted by Crippen LogP contribution is 2.33. The average molecular weight is 380 g/mol. The largest absolute Gasteiger partial charge is 0.493 e. The number of rotatable bonds is 6. The molecule has 2 aromatic carbocycles. The van der Waals surface area contributed by atoms with Gasteiger partial charge in [0.15, 0.2) is 11.5 Å². The monoisotopic (exact) mass is 380 g/mol. The summed E-state index contributed by atoms with van der Waals surface area (Å²) in [7, 11) is -1.02. The smallest absolute Gasteiger partial charge is 0.262 e. The molecule has 0 atom stereocenters. The van der Waals surface area contributed by atoms with E-state index in [2.05, 4.69) is 4.72 Å². The SMILES string of the molecule is COc1ccc(S(=O)(=O)Nc2cc(F)ccc2N2CCCC2)cc1OC. The summed E-state index contributed by atoms with van der Waals surface area (Å²) in [6, 6.07) is 8.44. The van der Waals surface area contributed by atoms with Crippen LogP contribution < -0.4 is 19.1 Å². The first kappa shape index (κ1) is 18.3. The minimum absolute atomic E-state index is 0.00628. The van der Waals surface area contributed by atoms with Gasteiger partial charge in [-0.05, 0) is 37.1 Å². The molecule has 6 nitrogen and oxygen atoms in total. The van der Waals surface area contributed by atoms with Crippen LogP contribution in [0.25, 0.3) is 0 Å². The first-order valence-corrected chi connectivity index (χ1v) is 9.72. The van der Waals surface area contributed by atoms with Gasteiger partial charge >= 0.3 is 0 Å². The first-order chi connectivity index (χ1) is 12.4. The van der Waals surface area contributed by atoms with Crippen molar-refractivity contribution in [2.75, 3.05) is 36.9 Å². The van der Waals surface area contributed by atoms with E-state index < -0.39 is 15.8 Å². The summed E-state index contributed by atoms with van der Waals surface area (Å²) >= 11 is 0. The maximum absolute atomic E-state index is 13.7. The number of halogens is 1. The van der Waals surface area contributed by atoms with Crippen molar-refractivity contribution in [2.24, 2.45) is 0 Å². The van der Waals surface area contributed by atoms with Crippen LogP contribution in [0.1, 0.15) is 12.8 Å². The number of anilines is 2. The van der Waals surface area contributed by atoms with Gasteiger partial charge in [0, 0.05) is 25.2 Å². The van der Waals surface area contributed by atoms with E-state index in [0.29, 0.717) is 17.2 Å². The molecular formula is C18H21FN2O4S. The topological polar surface area (TPSA) is 67.9 Å². The highest BCUT2D eigenvalue weighted by Gasteiger charge is 2.22. The molecule has 1 fully saturated rings. The van der Waals surface area contributed by atoms with Crippen molar-refractivity contribution in [3.05, 3.63) is 42.2 Å². The molecule has 26 heavy (non-hydrogen) atoms. The third-order valence-electron chi connectivity index (χ3n) is 4.31. The molecule has 0 saturated carbocycles. The zero-order valence-corrected chi connectivity index (χ0v) is 15.5. The van der Waals surface area contributed by atoms with Crippen LogP contribution in [-0.2, 0) is 10.0 Å². The molecule has 2 aromatic rings. The molecule has 1 N–H and O–H groups in total. The molecule has 3 rings (SSSR count). The molecule has 1 heterocycles. The van der Waals surface area contributed by atoms with Gasteiger partial charge in [0.1, 0.15) is 5.82 Å². The van der Waals surface area contributed by atoms with Crippen molar-refractivity contribution in [3.63, 3.8) is 0 Å².